The van der Waals surface area contributed by atoms with Crippen molar-refractivity contribution in [2.24, 2.45) is 0 Å². The maximum Gasteiger partial charge on any atom is 0.226 e. The Morgan fingerprint density at radius 3 is 2.79 bits per heavy atom. The Labute approximate surface area is 140 Å². The van der Waals surface area contributed by atoms with Crippen LogP contribution < -0.4 is 10.2 Å². The quantitative estimate of drug-likeness (QED) is 0.785. The number of nitrogens with zero attached hydrogens (tertiary/aromatic N) is 1. The number of aliphatic hydroxyl groups is 1. The van der Waals surface area contributed by atoms with Gasteiger partial charge in [0.2, 0.25) is 5.91 Å². The molecule has 0 atom stereocenters. The molecular weight excluding hydrogens is 309 g/mol. The molecule has 0 saturated carbocycles. The van der Waals surface area contributed by atoms with E-state index in [-0.39, 0.29) is 24.2 Å². The second kappa shape index (κ2) is 7.49. The van der Waals surface area contributed by atoms with E-state index in [0.717, 1.165) is 11.3 Å². The predicted molar refractivity (Wildman–Crippen MR) is 90.2 cm³/mol. The van der Waals surface area contributed by atoms with Gasteiger partial charge in [0.1, 0.15) is 5.82 Å². The van der Waals surface area contributed by atoms with Gasteiger partial charge in [0.15, 0.2) is 0 Å². The van der Waals surface area contributed by atoms with Crippen LogP contribution in [0.5, 0.6) is 0 Å². The summed E-state index contributed by atoms with van der Waals surface area (Å²) in [5, 5.41) is 12.3. The lowest BCUT2D eigenvalue weighted by molar-refractivity contribution is -0.120. The van der Waals surface area contributed by atoms with E-state index in [9.17, 15) is 14.3 Å². The minimum absolute atomic E-state index is 0.105. The molecule has 1 fully saturated rings. The van der Waals surface area contributed by atoms with Crippen molar-refractivity contribution in [1.29, 1.82) is 0 Å². The highest BCUT2D eigenvalue weighted by molar-refractivity contribution is 5.78. The number of amides is 1. The van der Waals surface area contributed by atoms with E-state index in [1.54, 1.807) is 12.3 Å². The summed E-state index contributed by atoms with van der Waals surface area (Å²) in [7, 11) is 0. The van der Waals surface area contributed by atoms with Gasteiger partial charge in [0.25, 0.3) is 0 Å². The number of anilines is 1. The van der Waals surface area contributed by atoms with Crippen LogP contribution in [-0.2, 0) is 17.8 Å². The molecule has 2 aromatic rings. The Kier molecular flexibility index (Phi) is 5.15. The van der Waals surface area contributed by atoms with E-state index in [2.05, 4.69) is 10.3 Å². The molecule has 0 spiro atoms. The highest BCUT2D eigenvalue weighted by Gasteiger charge is 2.19. The molecule has 0 aliphatic carbocycles. The van der Waals surface area contributed by atoms with Crippen LogP contribution in [0.15, 0.2) is 36.5 Å². The number of benzene rings is 1. The van der Waals surface area contributed by atoms with E-state index in [0.29, 0.717) is 38.2 Å². The third kappa shape index (κ3) is 4.14. The number of nitrogens with one attached hydrogen (secondary N) is 2. The third-order valence-electron chi connectivity index (χ3n) is 4.32. The van der Waals surface area contributed by atoms with Gasteiger partial charge in [-0.05, 0) is 42.7 Å². The topological polar surface area (TPSA) is 68.4 Å². The number of halogens is 1. The summed E-state index contributed by atoms with van der Waals surface area (Å²) in [6.07, 6.45) is 3.10. The number of rotatable bonds is 5. The van der Waals surface area contributed by atoms with Crippen molar-refractivity contribution in [3.8, 4) is 0 Å². The highest BCUT2D eigenvalue weighted by atomic mass is 19.1. The number of aliphatic hydroxyl groups excluding tert-OH is 1. The fourth-order valence-electron chi connectivity index (χ4n) is 2.94. The first-order valence-corrected chi connectivity index (χ1v) is 8.22. The monoisotopic (exact) mass is 331 g/mol. The zero-order valence-corrected chi connectivity index (χ0v) is 13.5. The lowest BCUT2D eigenvalue weighted by atomic mass is 10.1. The number of hydrogen-bond acceptors (Lipinski definition) is 3. The molecule has 3 N–H and O–H groups in total. The molecule has 1 saturated heterocycles. The van der Waals surface area contributed by atoms with Gasteiger partial charge >= 0.3 is 0 Å². The number of aromatic amines is 1. The fourth-order valence-corrected chi connectivity index (χ4v) is 2.94. The summed E-state index contributed by atoms with van der Waals surface area (Å²) in [5.74, 6) is -0.394. The van der Waals surface area contributed by atoms with Crippen LogP contribution in [0.1, 0.15) is 24.1 Å². The number of aromatic nitrogens is 1. The van der Waals surface area contributed by atoms with Crippen molar-refractivity contribution < 1.29 is 14.3 Å². The Morgan fingerprint density at radius 2 is 2.12 bits per heavy atom. The zero-order valence-electron chi connectivity index (χ0n) is 13.5. The Morgan fingerprint density at radius 1 is 1.33 bits per heavy atom. The Balaban J connectivity index is 1.55. The summed E-state index contributed by atoms with van der Waals surface area (Å²) < 4.78 is 14.3. The summed E-state index contributed by atoms with van der Waals surface area (Å²) in [6, 6.07) is 8.74. The molecule has 5 nitrogen and oxygen atoms in total. The number of carbonyl (C=O) groups is 1. The first-order chi connectivity index (χ1) is 11.6. The molecule has 1 aromatic carbocycles. The van der Waals surface area contributed by atoms with Crippen LogP contribution in [-0.4, -0.2) is 35.2 Å². The van der Waals surface area contributed by atoms with Gasteiger partial charge in [-0.15, -0.1) is 0 Å². The molecule has 0 bridgehead atoms. The molecule has 6 heteroatoms. The standard InChI is InChI=1S/C18H22FN3O2/c19-16-10-13(12-21-18(24)11-14-2-1-7-20-14)3-4-17(16)22-8-5-15(23)6-9-22/h1-4,7,10,15,20,23H,5-6,8-9,11-12H2,(H,21,24). The van der Waals surface area contributed by atoms with Crippen molar-refractivity contribution in [3.05, 3.63) is 53.6 Å². The van der Waals surface area contributed by atoms with Crippen molar-refractivity contribution in [2.45, 2.75) is 31.9 Å². The summed E-state index contributed by atoms with van der Waals surface area (Å²) in [4.78, 5) is 16.8. The van der Waals surface area contributed by atoms with E-state index >= 15 is 0 Å². The lowest BCUT2D eigenvalue weighted by Crippen LogP contribution is -2.36. The summed E-state index contributed by atoms with van der Waals surface area (Å²) in [6.45, 7) is 1.62. The van der Waals surface area contributed by atoms with Crippen molar-refractivity contribution in [3.63, 3.8) is 0 Å². The molecule has 0 unspecified atom stereocenters. The van der Waals surface area contributed by atoms with E-state index in [1.807, 2.05) is 23.1 Å². The van der Waals surface area contributed by atoms with Crippen LogP contribution in [0.25, 0.3) is 0 Å². The van der Waals surface area contributed by atoms with Crippen LogP contribution in [0.4, 0.5) is 10.1 Å². The van der Waals surface area contributed by atoms with Gasteiger partial charge in [0, 0.05) is 31.5 Å². The molecule has 24 heavy (non-hydrogen) atoms. The molecule has 0 radical (unpaired) electrons. The maximum atomic E-state index is 14.3. The van der Waals surface area contributed by atoms with E-state index < -0.39 is 0 Å². The number of H-pyrrole nitrogens is 1. The first-order valence-electron chi connectivity index (χ1n) is 8.22. The molecule has 3 rings (SSSR count). The van der Waals surface area contributed by atoms with Gasteiger partial charge in [-0.2, -0.15) is 0 Å². The number of piperidine rings is 1. The molecule has 2 heterocycles. The summed E-state index contributed by atoms with van der Waals surface area (Å²) >= 11 is 0. The van der Waals surface area contributed by atoms with Crippen molar-refractivity contribution in [1.82, 2.24) is 10.3 Å². The van der Waals surface area contributed by atoms with E-state index in [1.165, 1.54) is 6.07 Å². The first kappa shape index (κ1) is 16.5. The lowest BCUT2D eigenvalue weighted by Gasteiger charge is -2.31. The van der Waals surface area contributed by atoms with Crippen molar-refractivity contribution >= 4 is 11.6 Å². The highest BCUT2D eigenvalue weighted by Crippen LogP contribution is 2.24. The predicted octanol–water partition coefficient (Wildman–Crippen LogP) is 1.97. The van der Waals surface area contributed by atoms with Crippen LogP contribution in [0.3, 0.4) is 0 Å². The minimum atomic E-state index is -0.289. The van der Waals surface area contributed by atoms with Gasteiger partial charge in [-0.3, -0.25) is 4.79 Å². The van der Waals surface area contributed by atoms with Crippen molar-refractivity contribution in [2.75, 3.05) is 18.0 Å². The average molecular weight is 331 g/mol. The molecule has 1 aliphatic rings. The molecular formula is C18H22FN3O2. The molecule has 1 aromatic heterocycles. The Hall–Kier alpha value is -2.34. The average Bonchev–Trinajstić information content (AvgIpc) is 3.07. The minimum Gasteiger partial charge on any atom is -0.393 e. The van der Waals surface area contributed by atoms with Crippen LogP contribution in [0.2, 0.25) is 0 Å². The number of hydrogen-bond donors (Lipinski definition) is 3. The molecule has 1 aliphatic heterocycles. The van der Waals surface area contributed by atoms with Gasteiger partial charge in [0.05, 0.1) is 18.2 Å². The van der Waals surface area contributed by atoms with Gasteiger partial charge in [-0.1, -0.05) is 6.07 Å². The molecule has 1 amide bonds. The fraction of sp³-hybridized carbons (Fsp3) is 0.389. The SMILES string of the molecule is O=C(Cc1ccc[nH]1)NCc1ccc(N2CCC(O)CC2)c(F)c1. The van der Waals surface area contributed by atoms with Crippen LogP contribution >= 0.6 is 0 Å². The normalized spacial score (nSPS) is 15.5. The number of carbonyl (C=O) groups excluding carboxylic acids is 1. The summed E-state index contributed by atoms with van der Waals surface area (Å²) in [5.41, 5.74) is 2.14. The van der Waals surface area contributed by atoms with Gasteiger partial charge in [-0.25, -0.2) is 4.39 Å². The van der Waals surface area contributed by atoms with E-state index in [4.69, 9.17) is 0 Å². The second-order valence-corrected chi connectivity index (χ2v) is 6.15. The largest absolute Gasteiger partial charge is 0.393 e. The third-order valence-corrected chi connectivity index (χ3v) is 4.32. The molecule has 128 valence electrons. The van der Waals surface area contributed by atoms with Gasteiger partial charge < -0.3 is 20.3 Å². The zero-order chi connectivity index (χ0) is 16.9. The second-order valence-electron chi connectivity index (χ2n) is 6.15. The smallest absolute Gasteiger partial charge is 0.226 e. The Bertz CT molecular complexity index is 680. The van der Waals surface area contributed by atoms with Crippen LogP contribution in [0, 0.1) is 5.82 Å². The maximum absolute atomic E-state index is 14.3.